The Hall–Kier alpha value is -3.01. The van der Waals surface area contributed by atoms with Crippen LogP contribution in [0.3, 0.4) is 0 Å². The summed E-state index contributed by atoms with van der Waals surface area (Å²) in [6.07, 6.45) is 3.44. The van der Waals surface area contributed by atoms with Gasteiger partial charge < -0.3 is 25.4 Å². The van der Waals surface area contributed by atoms with Crippen molar-refractivity contribution in [3.8, 4) is 0 Å². The van der Waals surface area contributed by atoms with Crippen LogP contribution in [0, 0.1) is 5.92 Å². The molecular formula is C18H24N4O6. The van der Waals surface area contributed by atoms with E-state index in [1.807, 2.05) is 6.07 Å². The molecule has 0 aromatic carbocycles. The first-order chi connectivity index (χ1) is 13.4. The quantitative estimate of drug-likeness (QED) is 0.449. The highest BCUT2D eigenvalue weighted by Gasteiger charge is 2.42. The topological polar surface area (TPSA) is 138 Å². The Bertz CT molecular complexity index is 711. The number of carbonyl (C=O) groups excluding carboxylic acids is 3. The molecule has 1 aliphatic heterocycles. The fraction of sp³-hybridized carbons (Fsp3) is 0.500. The minimum atomic E-state index is -1.07. The fourth-order valence-corrected chi connectivity index (χ4v) is 3.05. The van der Waals surface area contributed by atoms with Gasteiger partial charge in [-0.1, -0.05) is 6.07 Å². The Balaban J connectivity index is 1.76. The lowest BCUT2D eigenvalue weighted by molar-refractivity contribution is -0.142. The maximum Gasteiger partial charge on any atom is 0.329 e. The molecule has 1 fully saturated rings. The number of aromatic nitrogens is 1. The summed E-state index contributed by atoms with van der Waals surface area (Å²) >= 11 is 0. The number of carboxylic acids is 1. The Kier molecular flexibility index (Phi) is 7.88. The molecule has 1 saturated heterocycles. The van der Waals surface area contributed by atoms with Crippen molar-refractivity contribution < 1.29 is 29.0 Å². The number of nitrogens with one attached hydrogen (secondary N) is 2. The second-order valence-electron chi connectivity index (χ2n) is 6.38. The molecule has 28 heavy (non-hydrogen) atoms. The number of rotatable bonds is 10. The molecule has 0 unspecified atom stereocenters. The molecule has 3 amide bonds. The molecular weight excluding hydrogens is 368 g/mol. The van der Waals surface area contributed by atoms with Crippen molar-refractivity contribution in [3.63, 3.8) is 0 Å². The first kappa shape index (κ1) is 21.3. The van der Waals surface area contributed by atoms with Gasteiger partial charge in [0, 0.05) is 45.4 Å². The highest BCUT2D eigenvalue weighted by atomic mass is 16.5. The normalized spacial score (nSPS) is 18.8. The van der Waals surface area contributed by atoms with Gasteiger partial charge in [-0.3, -0.25) is 19.4 Å². The first-order valence-electron chi connectivity index (χ1n) is 8.89. The van der Waals surface area contributed by atoms with Gasteiger partial charge in [-0.05, 0) is 11.6 Å². The number of hydrogen-bond donors (Lipinski definition) is 3. The number of carboxylic acid groups (broad SMARTS) is 1. The Labute approximate surface area is 162 Å². The minimum Gasteiger partial charge on any atom is -0.480 e. The summed E-state index contributed by atoms with van der Waals surface area (Å²) < 4.78 is 4.80. The van der Waals surface area contributed by atoms with Gasteiger partial charge in [0.1, 0.15) is 6.61 Å². The molecule has 2 rings (SSSR count). The van der Waals surface area contributed by atoms with Gasteiger partial charge in [-0.2, -0.15) is 0 Å². The van der Waals surface area contributed by atoms with Crippen molar-refractivity contribution in [3.05, 3.63) is 30.1 Å². The van der Waals surface area contributed by atoms with Crippen LogP contribution in [-0.4, -0.2) is 72.0 Å². The van der Waals surface area contributed by atoms with Gasteiger partial charge in [0.15, 0.2) is 0 Å². The highest BCUT2D eigenvalue weighted by molar-refractivity contribution is 5.90. The van der Waals surface area contributed by atoms with Crippen LogP contribution >= 0.6 is 0 Å². The molecule has 0 saturated carbocycles. The summed E-state index contributed by atoms with van der Waals surface area (Å²) in [6.45, 7) is -0.00777. The van der Waals surface area contributed by atoms with Crippen LogP contribution in [0.5, 0.6) is 0 Å². The number of amides is 3. The van der Waals surface area contributed by atoms with Crippen LogP contribution < -0.4 is 10.6 Å². The lowest BCUT2D eigenvalue weighted by Crippen LogP contribution is -2.37. The Morgan fingerprint density at radius 2 is 2.11 bits per heavy atom. The Morgan fingerprint density at radius 1 is 1.32 bits per heavy atom. The van der Waals surface area contributed by atoms with E-state index in [4.69, 9.17) is 9.84 Å². The number of nitrogens with zero attached hydrogens (tertiary/aromatic N) is 2. The van der Waals surface area contributed by atoms with E-state index >= 15 is 0 Å². The molecule has 0 spiro atoms. The van der Waals surface area contributed by atoms with Crippen molar-refractivity contribution >= 4 is 23.7 Å². The van der Waals surface area contributed by atoms with Crippen LogP contribution in [0.2, 0.25) is 0 Å². The van der Waals surface area contributed by atoms with Gasteiger partial charge in [-0.25, -0.2) is 4.79 Å². The fourth-order valence-electron chi connectivity index (χ4n) is 3.05. The lowest BCUT2D eigenvalue weighted by atomic mass is 9.94. The van der Waals surface area contributed by atoms with Gasteiger partial charge in [0.2, 0.25) is 17.7 Å². The van der Waals surface area contributed by atoms with E-state index in [0.717, 1.165) is 5.56 Å². The second-order valence-corrected chi connectivity index (χ2v) is 6.38. The molecule has 1 aromatic rings. The summed E-state index contributed by atoms with van der Waals surface area (Å²) in [7, 11) is 1.66. The number of hydrogen-bond acceptors (Lipinski definition) is 6. The van der Waals surface area contributed by atoms with Gasteiger partial charge in [-0.15, -0.1) is 0 Å². The van der Waals surface area contributed by atoms with Gasteiger partial charge >= 0.3 is 5.97 Å². The third kappa shape index (κ3) is 6.02. The average Bonchev–Trinajstić information content (AvgIpc) is 2.97. The van der Waals surface area contributed by atoms with Gasteiger partial charge in [0.05, 0.1) is 18.6 Å². The van der Waals surface area contributed by atoms with Crippen LogP contribution in [-0.2, 0) is 23.9 Å². The van der Waals surface area contributed by atoms with Crippen LogP contribution in [0.1, 0.15) is 24.4 Å². The molecule has 2 atom stereocenters. The molecule has 0 aliphatic carbocycles. The van der Waals surface area contributed by atoms with E-state index in [2.05, 4.69) is 15.6 Å². The van der Waals surface area contributed by atoms with Crippen molar-refractivity contribution in [1.29, 1.82) is 0 Å². The number of carbonyl (C=O) groups is 4. The summed E-state index contributed by atoms with van der Waals surface area (Å²) in [5.74, 6) is -2.32. The van der Waals surface area contributed by atoms with E-state index in [0.29, 0.717) is 0 Å². The first-order valence-corrected chi connectivity index (χ1v) is 8.89. The standard InChI is InChI=1S/C18H24N4O6/c1-22-15(24)9-13(17(22)12-3-2-5-19-10-12)18(27)21-6-4-14(23)20-7-8-28-11-16(25)26/h2-3,5,10,13,17H,4,6-9,11H2,1H3,(H,20,23)(H,21,27)(H,25,26)/t13-,17+/m0/s1. The van der Waals surface area contributed by atoms with E-state index in [9.17, 15) is 19.2 Å². The average molecular weight is 392 g/mol. The van der Waals surface area contributed by atoms with Crippen molar-refractivity contribution in [1.82, 2.24) is 20.5 Å². The number of likely N-dealkylation sites (tertiary alicyclic amines) is 1. The third-order valence-corrected chi connectivity index (χ3v) is 4.39. The molecule has 0 radical (unpaired) electrons. The van der Waals surface area contributed by atoms with Gasteiger partial charge in [0.25, 0.3) is 0 Å². The Morgan fingerprint density at radius 3 is 2.79 bits per heavy atom. The maximum atomic E-state index is 12.5. The predicted octanol–water partition coefficient (Wildman–Crippen LogP) is -0.675. The zero-order chi connectivity index (χ0) is 20.5. The summed E-state index contributed by atoms with van der Waals surface area (Å²) in [6, 6.07) is 3.19. The largest absolute Gasteiger partial charge is 0.480 e. The minimum absolute atomic E-state index is 0.0682. The number of ether oxygens (including phenoxy) is 1. The molecule has 1 aliphatic rings. The smallest absolute Gasteiger partial charge is 0.329 e. The molecule has 0 bridgehead atoms. The molecule has 3 N–H and O–H groups in total. The second kappa shape index (κ2) is 10.4. The highest BCUT2D eigenvalue weighted by Crippen LogP contribution is 2.36. The summed E-state index contributed by atoms with van der Waals surface area (Å²) in [5, 5.41) is 13.7. The summed E-state index contributed by atoms with van der Waals surface area (Å²) in [4.78, 5) is 52.2. The number of aliphatic carboxylic acids is 1. The molecule has 1 aromatic heterocycles. The predicted molar refractivity (Wildman–Crippen MR) is 96.9 cm³/mol. The summed E-state index contributed by atoms with van der Waals surface area (Å²) in [5.41, 5.74) is 0.787. The molecule has 152 valence electrons. The van der Waals surface area contributed by atoms with Crippen LogP contribution in [0.15, 0.2) is 24.5 Å². The lowest BCUT2D eigenvalue weighted by Gasteiger charge is -2.24. The van der Waals surface area contributed by atoms with Crippen LogP contribution in [0.4, 0.5) is 0 Å². The van der Waals surface area contributed by atoms with Crippen molar-refractivity contribution in [2.24, 2.45) is 5.92 Å². The van der Waals surface area contributed by atoms with E-state index < -0.39 is 18.5 Å². The van der Waals surface area contributed by atoms with E-state index in [-0.39, 0.29) is 56.3 Å². The molecule has 2 heterocycles. The number of pyridine rings is 1. The SMILES string of the molecule is CN1C(=O)C[C@H](C(=O)NCCC(=O)NCCOCC(=O)O)[C@H]1c1cccnc1. The third-order valence-electron chi connectivity index (χ3n) is 4.39. The van der Waals surface area contributed by atoms with E-state index in [1.165, 1.54) is 0 Å². The zero-order valence-corrected chi connectivity index (χ0v) is 15.6. The monoisotopic (exact) mass is 392 g/mol. The van der Waals surface area contributed by atoms with Crippen molar-refractivity contribution in [2.45, 2.75) is 18.9 Å². The van der Waals surface area contributed by atoms with Crippen molar-refractivity contribution in [2.75, 3.05) is 33.4 Å². The van der Waals surface area contributed by atoms with Crippen LogP contribution in [0.25, 0.3) is 0 Å². The zero-order valence-electron chi connectivity index (χ0n) is 15.6. The maximum absolute atomic E-state index is 12.5. The molecule has 10 heteroatoms. The molecule has 10 nitrogen and oxygen atoms in total. The van der Waals surface area contributed by atoms with E-state index in [1.54, 1.807) is 30.4 Å².